The number of alkyl halides is 3. The van der Waals surface area contributed by atoms with Gasteiger partial charge in [0, 0.05) is 19.2 Å². The molecule has 1 amide bonds. The van der Waals surface area contributed by atoms with Crippen LogP contribution >= 0.6 is 12.2 Å². The lowest BCUT2D eigenvalue weighted by atomic mass is 10.0. The van der Waals surface area contributed by atoms with Gasteiger partial charge >= 0.3 is 6.18 Å². The number of carbonyl (C=O) groups excluding carboxylic acids is 1. The van der Waals surface area contributed by atoms with E-state index in [1.165, 1.54) is 17.7 Å². The molecule has 2 aromatic carbocycles. The Morgan fingerprint density at radius 1 is 1.12 bits per heavy atom. The van der Waals surface area contributed by atoms with Gasteiger partial charge in [0.1, 0.15) is 0 Å². The van der Waals surface area contributed by atoms with E-state index in [0.717, 1.165) is 17.7 Å². The number of hydrogen-bond donors (Lipinski definition) is 2. The lowest BCUT2D eigenvalue weighted by molar-refractivity contribution is -0.137. The number of thiocarbonyl (C=S) groups is 1. The molecule has 1 aliphatic rings. The van der Waals surface area contributed by atoms with Crippen LogP contribution in [-0.2, 0) is 15.7 Å². The number of halogens is 3. The Bertz CT molecular complexity index is 1010. The maximum absolute atomic E-state index is 13.2. The minimum atomic E-state index is -4.50. The average molecular weight is 478 g/mol. The first-order chi connectivity index (χ1) is 15.6. The van der Waals surface area contributed by atoms with Gasteiger partial charge in [-0.05, 0) is 53.5 Å². The highest BCUT2D eigenvalue weighted by Crippen LogP contribution is 2.35. The zero-order valence-electron chi connectivity index (χ0n) is 18.4. The van der Waals surface area contributed by atoms with Gasteiger partial charge in [-0.25, -0.2) is 0 Å². The quantitative estimate of drug-likeness (QED) is 0.459. The Morgan fingerprint density at radius 3 is 2.39 bits per heavy atom. The number of morpholine rings is 1. The highest BCUT2D eigenvalue weighted by molar-refractivity contribution is 7.80. The summed E-state index contributed by atoms with van der Waals surface area (Å²) in [5, 5.41) is 5.15. The second kappa shape index (κ2) is 10.8. The molecule has 0 aromatic heterocycles. The molecule has 2 N–H and O–H groups in total. The molecule has 0 bridgehead atoms. The third kappa shape index (κ3) is 7.03. The third-order valence-electron chi connectivity index (χ3n) is 5.19. The van der Waals surface area contributed by atoms with Gasteiger partial charge in [-0.15, -0.1) is 0 Å². The predicted molar refractivity (Wildman–Crippen MR) is 128 cm³/mol. The van der Waals surface area contributed by atoms with Crippen molar-refractivity contribution >= 4 is 40.7 Å². The molecular weight excluding hydrogens is 451 g/mol. The van der Waals surface area contributed by atoms with E-state index >= 15 is 0 Å². The molecule has 3 rings (SSSR count). The Balaban J connectivity index is 1.69. The van der Waals surface area contributed by atoms with Crippen LogP contribution in [-0.4, -0.2) is 37.3 Å². The van der Waals surface area contributed by atoms with E-state index in [0.29, 0.717) is 37.9 Å². The lowest BCUT2D eigenvalue weighted by Crippen LogP contribution is -2.38. The first-order valence-corrected chi connectivity index (χ1v) is 11.0. The monoisotopic (exact) mass is 477 g/mol. The van der Waals surface area contributed by atoms with Gasteiger partial charge in [0.15, 0.2) is 5.11 Å². The molecule has 2 aromatic rings. The minimum Gasteiger partial charge on any atom is -0.378 e. The number of rotatable bonds is 5. The zero-order valence-corrected chi connectivity index (χ0v) is 19.2. The molecule has 0 atom stereocenters. The molecule has 0 saturated carbocycles. The van der Waals surface area contributed by atoms with Crippen molar-refractivity contribution in [3.63, 3.8) is 0 Å². The SMILES string of the molecule is CC(C)c1ccc(C=CC(=O)NC(=S)Nc2cc(C(F)(F)F)ccc2N2CCOCC2)cc1. The van der Waals surface area contributed by atoms with Crippen LogP contribution in [0.5, 0.6) is 0 Å². The highest BCUT2D eigenvalue weighted by Gasteiger charge is 2.31. The van der Waals surface area contributed by atoms with Gasteiger partial charge in [0.05, 0.1) is 30.2 Å². The normalized spacial score (nSPS) is 14.5. The van der Waals surface area contributed by atoms with E-state index in [9.17, 15) is 18.0 Å². The van der Waals surface area contributed by atoms with Crippen molar-refractivity contribution in [1.82, 2.24) is 5.32 Å². The van der Waals surface area contributed by atoms with E-state index in [-0.39, 0.29) is 10.8 Å². The van der Waals surface area contributed by atoms with Crippen LogP contribution in [0.1, 0.15) is 36.5 Å². The molecular formula is C24H26F3N3O2S. The molecule has 0 spiro atoms. The molecule has 1 saturated heterocycles. The number of amides is 1. The summed E-state index contributed by atoms with van der Waals surface area (Å²) in [7, 11) is 0. The summed E-state index contributed by atoms with van der Waals surface area (Å²) in [5.41, 5.74) is 1.97. The number of hydrogen-bond acceptors (Lipinski definition) is 4. The van der Waals surface area contributed by atoms with Gasteiger partial charge in [-0.3, -0.25) is 10.1 Å². The largest absolute Gasteiger partial charge is 0.416 e. The number of ether oxygens (including phenoxy) is 1. The molecule has 0 radical (unpaired) electrons. The molecule has 5 nitrogen and oxygen atoms in total. The van der Waals surface area contributed by atoms with Gasteiger partial charge in [0.2, 0.25) is 5.91 Å². The van der Waals surface area contributed by atoms with Crippen molar-refractivity contribution in [3.05, 3.63) is 65.2 Å². The molecule has 1 aliphatic heterocycles. The predicted octanol–water partition coefficient (Wildman–Crippen LogP) is 5.19. The van der Waals surface area contributed by atoms with Crippen LogP contribution in [0.15, 0.2) is 48.5 Å². The fourth-order valence-corrected chi connectivity index (χ4v) is 3.57. The molecule has 1 heterocycles. The minimum absolute atomic E-state index is 0.0892. The highest BCUT2D eigenvalue weighted by atomic mass is 32.1. The molecule has 0 aliphatic carbocycles. The van der Waals surface area contributed by atoms with Crippen LogP contribution in [0.4, 0.5) is 24.5 Å². The Hall–Kier alpha value is -2.91. The summed E-state index contributed by atoms with van der Waals surface area (Å²) < 4.78 is 45.1. The maximum atomic E-state index is 13.2. The van der Waals surface area contributed by atoms with Crippen molar-refractivity contribution in [3.8, 4) is 0 Å². The van der Waals surface area contributed by atoms with E-state index in [1.54, 1.807) is 6.08 Å². The first-order valence-electron chi connectivity index (χ1n) is 10.6. The lowest BCUT2D eigenvalue weighted by Gasteiger charge is -2.31. The van der Waals surface area contributed by atoms with Crippen molar-refractivity contribution < 1.29 is 22.7 Å². The average Bonchev–Trinajstić information content (AvgIpc) is 2.78. The van der Waals surface area contributed by atoms with Crippen LogP contribution in [0.3, 0.4) is 0 Å². The zero-order chi connectivity index (χ0) is 24.0. The Kier molecular flexibility index (Phi) is 8.10. The van der Waals surface area contributed by atoms with E-state index < -0.39 is 17.6 Å². The number of benzene rings is 2. The topological polar surface area (TPSA) is 53.6 Å². The van der Waals surface area contributed by atoms with E-state index in [2.05, 4.69) is 24.5 Å². The van der Waals surface area contributed by atoms with Crippen LogP contribution in [0, 0.1) is 0 Å². The third-order valence-corrected chi connectivity index (χ3v) is 5.39. The standard InChI is InChI=1S/C24H26F3N3O2S/c1-16(2)18-6-3-17(4-7-18)5-10-22(31)29-23(33)28-20-15-19(24(25,26)27)8-9-21(20)30-11-13-32-14-12-30/h3-10,15-16H,11-14H2,1-2H3,(H2,28,29,31,33). The van der Waals surface area contributed by atoms with Crippen LogP contribution in [0.25, 0.3) is 6.08 Å². The first kappa shape index (κ1) is 24.7. The summed E-state index contributed by atoms with van der Waals surface area (Å²) in [5.74, 6) is -0.0756. The smallest absolute Gasteiger partial charge is 0.378 e. The molecule has 1 fully saturated rings. The number of anilines is 2. The number of nitrogens with zero attached hydrogens (tertiary/aromatic N) is 1. The molecule has 176 valence electrons. The summed E-state index contributed by atoms with van der Waals surface area (Å²) in [6.07, 6.45) is -1.53. The van der Waals surface area contributed by atoms with E-state index in [4.69, 9.17) is 17.0 Å². The summed E-state index contributed by atoms with van der Waals surface area (Å²) in [6.45, 7) is 6.23. The summed E-state index contributed by atoms with van der Waals surface area (Å²) in [4.78, 5) is 14.2. The summed E-state index contributed by atoms with van der Waals surface area (Å²) in [6, 6.07) is 11.2. The maximum Gasteiger partial charge on any atom is 0.416 e. The number of nitrogens with one attached hydrogen (secondary N) is 2. The fraction of sp³-hybridized carbons (Fsp3) is 0.333. The number of carbonyl (C=O) groups is 1. The molecule has 33 heavy (non-hydrogen) atoms. The van der Waals surface area contributed by atoms with E-state index in [1.807, 2.05) is 29.2 Å². The Morgan fingerprint density at radius 2 is 1.79 bits per heavy atom. The van der Waals surface area contributed by atoms with Gasteiger partial charge < -0.3 is 15.0 Å². The molecule has 0 unspecified atom stereocenters. The molecule has 9 heteroatoms. The van der Waals surface area contributed by atoms with Crippen LogP contribution in [0.2, 0.25) is 0 Å². The van der Waals surface area contributed by atoms with Gasteiger partial charge in [0.25, 0.3) is 0 Å². The van der Waals surface area contributed by atoms with Crippen LogP contribution < -0.4 is 15.5 Å². The van der Waals surface area contributed by atoms with Gasteiger partial charge in [-0.2, -0.15) is 13.2 Å². The van der Waals surface area contributed by atoms with Crippen molar-refractivity contribution in [1.29, 1.82) is 0 Å². The van der Waals surface area contributed by atoms with Crippen molar-refractivity contribution in [2.45, 2.75) is 25.9 Å². The van der Waals surface area contributed by atoms with Crippen molar-refractivity contribution in [2.24, 2.45) is 0 Å². The fourth-order valence-electron chi connectivity index (χ4n) is 3.36. The second-order valence-electron chi connectivity index (χ2n) is 7.93. The van der Waals surface area contributed by atoms with Crippen molar-refractivity contribution in [2.75, 3.05) is 36.5 Å². The van der Waals surface area contributed by atoms with Gasteiger partial charge in [-0.1, -0.05) is 38.1 Å². The second-order valence-corrected chi connectivity index (χ2v) is 8.34. The Labute approximate surface area is 196 Å². The summed E-state index contributed by atoms with van der Waals surface area (Å²) >= 11 is 5.19.